The molecule has 1 aliphatic carbocycles. The Hall–Kier alpha value is -1.06. The highest BCUT2D eigenvalue weighted by atomic mass is 15.2. The van der Waals surface area contributed by atoms with Crippen molar-refractivity contribution in [1.29, 1.82) is 0 Å². The van der Waals surface area contributed by atoms with Crippen LogP contribution in [0, 0.1) is 5.92 Å². The Morgan fingerprint density at radius 3 is 2.95 bits per heavy atom. The molecule has 2 saturated heterocycles. The Labute approximate surface area is 128 Å². The van der Waals surface area contributed by atoms with Crippen molar-refractivity contribution < 1.29 is 0 Å². The molecule has 4 rings (SSSR count). The lowest BCUT2D eigenvalue weighted by Gasteiger charge is -2.47. The summed E-state index contributed by atoms with van der Waals surface area (Å²) in [5.41, 5.74) is 9.89. The quantitative estimate of drug-likeness (QED) is 0.805. The van der Waals surface area contributed by atoms with Crippen molar-refractivity contribution in [1.82, 2.24) is 9.80 Å². The van der Waals surface area contributed by atoms with Gasteiger partial charge in [0.1, 0.15) is 0 Å². The third-order valence-electron chi connectivity index (χ3n) is 6.03. The number of rotatable bonds is 1. The molecule has 2 N–H and O–H groups in total. The monoisotopic (exact) mass is 285 g/mol. The lowest BCUT2D eigenvalue weighted by Crippen LogP contribution is -2.53. The van der Waals surface area contributed by atoms with Gasteiger partial charge in [-0.1, -0.05) is 6.07 Å². The molecule has 1 aromatic carbocycles. The van der Waals surface area contributed by atoms with Crippen LogP contribution in [0.4, 0.5) is 5.69 Å². The van der Waals surface area contributed by atoms with Crippen molar-refractivity contribution in [3.8, 4) is 0 Å². The summed E-state index contributed by atoms with van der Waals surface area (Å²) in [5.74, 6) is 0.885. The summed E-state index contributed by atoms with van der Waals surface area (Å²) < 4.78 is 0. The number of hydrogen-bond donors (Lipinski definition) is 1. The van der Waals surface area contributed by atoms with Crippen LogP contribution in [0.2, 0.25) is 0 Å². The summed E-state index contributed by atoms with van der Waals surface area (Å²) in [5, 5.41) is 0. The van der Waals surface area contributed by atoms with Gasteiger partial charge in [-0.05, 0) is 74.9 Å². The third-order valence-corrected chi connectivity index (χ3v) is 6.03. The van der Waals surface area contributed by atoms with Crippen LogP contribution in [0.5, 0.6) is 0 Å². The summed E-state index contributed by atoms with van der Waals surface area (Å²) in [6.45, 7) is 3.86. The Morgan fingerprint density at radius 1 is 1.14 bits per heavy atom. The van der Waals surface area contributed by atoms with Crippen molar-refractivity contribution in [3.05, 3.63) is 29.3 Å². The van der Waals surface area contributed by atoms with Crippen molar-refractivity contribution in [2.45, 2.75) is 44.2 Å². The number of piperidine rings is 2. The molecule has 0 spiro atoms. The molecule has 3 heteroatoms. The Balaban J connectivity index is 1.52. The van der Waals surface area contributed by atoms with Gasteiger partial charge in [-0.15, -0.1) is 0 Å². The number of nitrogens with zero attached hydrogens (tertiary/aromatic N) is 2. The molecule has 21 heavy (non-hydrogen) atoms. The van der Waals surface area contributed by atoms with E-state index in [-0.39, 0.29) is 0 Å². The summed E-state index contributed by atoms with van der Waals surface area (Å²) in [4.78, 5) is 5.37. The fourth-order valence-electron chi connectivity index (χ4n) is 4.96. The normalized spacial score (nSPS) is 33.7. The summed E-state index contributed by atoms with van der Waals surface area (Å²) in [6, 6.07) is 8.03. The topological polar surface area (TPSA) is 32.5 Å². The molecule has 3 atom stereocenters. The van der Waals surface area contributed by atoms with Gasteiger partial charge in [-0.2, -0.15) is 0 Å². The molecule has 0 aromatic heterocycles. The minimum Gasteiger partial charge on any atom is -0.399 e. The number of nitrogens with two attached hydrogens (primary N) is 1. The fourth-order valence-corrected chi connectivity index (χ4v) is 4.96. The minimum absolute atomic E-state index is 0.647. The zero-order valence-corrected chi connectivity index (χ0v) is 13.1. The van der Waals surface area contributed by atoms with Crippen LogP contribution in [0.1, 0.15) is 42.9 Å². The molecule has 3 aliphatic rings. The van der Waals surface area contributed by atoms with Crippen LogP contribution >= 0.6 is 0 Å². The third kappa shape index (κ3) is 2.36. The van der Waals surface area contributed by atoms with Crippen molar-refractivity contribution >= 4 is 5.69 Å². The van der Waals surface area contributed by atoms with Crippen molar-refractivity contribution in [2.75, 3.05) is 32.4 Å². The number of likely N-dealkylation sites (tertiary alicyclic amines) is 2. The molecule has 3 unspecified atom stereocenters. The van der Waals surface area contributed by atoms with E-state index in [1.54, 1.807) is 5.56 Å². The number of aryl methyl sites for hydroxylation is 1. The second-order valence-corrected chi connectivity index (χ2v) is 7.25. The zero-order chi connectivity index (χ0) is 14.4. The van der Waals surface area contributed by atoms with Crippen molar-refractivity contribution in [3.63, 3.8) is 0 Å². The highest BCUT2D eigenvalue weighted by Crippen LogP contribution is 2.40. The predicted octanol–water partition coefficient (Wildman–Crippen LogP) is 2.67. The second kappa shape index (κ2) is 5.29. The molecule has 0 bridgehead atoms. The van der Waals surface area contributed by atoms with Gasteiger partial charge in [0.25, 0.3) is 0 Å². The van der Waals surface area contributed by atoms with E-state index in [9.17, 15) is 0 Å². The van der Waals surface area contributed by atoms with E-state index in [0.717, 1.165) is 17.6 Å². The van der Waals surface area contributed by atoms with Crippen molar-refractivity contribution in [2.24, 2.45) is 5.92 Å². The first-order valence-corrected chi connectivity index (χ1v) is 8.55. The Kier molecular flexibility index (Phi) is 3.43. The van der Waals surface area contributed by atoms with Gasteiger partial charge >= 0.3 is 0 Å². The highest BCUT2D eigenvalue weighted by molar-refractivity contribution is 5.47. The first-order chi connectivity index (χ1) is 10.2. The molecule has 0 saturated carbocycles. The maximum absolute atomic E-state index is 5.94. The largest absolute Gasteiger partial charge is 0.399 e. The lowest BCUT2D eigenvalue weighted by atomic mass is 9.83. The number of nitrogen functional groups attached to an aromatic ring is 1. The average molecular weight is 285 g/mol. The molecular formula is C18H27N3. The van der Waals surface area contributed by atoms with Crippen LogP contribution in [0.25, 0.3) is 0 Å². The maximum atomic E-state index is 5.94. The van der Waals surface area contributed by atoms with Crippen LogP contribution in [0.3, 0.4) is 0 Å². The van der Waals surface area contributed by atoms with Gasteiger partial charge in [-0.3, -0.25) is 4.90 Å². The fraction of sp³-hybridized carbons (Fsp3) is 0.667. The van der Waals surface area contributed by atoms with Gasteiger partial charge in [0, 0.05) is 30.9 Å². The average Bonchev–Trinajstić information content (AvgIpc) is 2.90. The number of fused-ring (bicyclic) bond motifs is 2. The first-order valence-electron chi connectivity index (χ1n) is 8.55. The lowest BCUT2D eigenvalue weighted by molar-refractivity contribution is 0.0198. The van der Waals surface area contributed by atoms with Crippen LogP contribution in [-0.2, 0) is 6.42 Å². The predicted molar refractivity (Wildman–Crippen MR) is 87.2 cm³/mol. The number of anilines is 1. The molecule has 3 nitrogen and oxygen atoms in total. The van der Waals surface area contributed by atoms with Crippen LogP contribution in [0.15, 0.2) is 18.2 Å². The molecule has 2 heterocycles. The summed E-state index contributed by atoms with van der Waals surface area (Å²) in [7, 11) is 2.32. The van der Waals surface area contributed by atoms with E-state index < -0.39 is 0 Å². The Morgan fingerprint density at radius 2 is 2.05 bits per heavy atom. The zero-order valence-electron chi connectivity index (χ0n) is 13.1. The van der Waals surface area contributed by atoms with E-state index in [1.165, 1.54) is 57.3 Å². The number of benzene rings is 1. The maximum Gasteiger partial charge on any atom is 0.0354 e. The van der Waals surface area contributed by atoms with Crippen LogP contribution < -0.4 is 5.73 Å². The van der Waals surface area contributed by atoms with E-state index in [2.05, 4.69) is 35.0 Å². The molecule has 2 aliphatic heterocycles. The molecule has 0 amide bonds. The molecule has 0 radical (unpaired) electrons. The van der Waals surface area contributed by atoms with E-state index in [1.807, 2.05) is 0 Å². The SMILES string of the molecule is CN1CCCC2CN(C3CCc4cc(N)ccc43)CCC21. The Bertz CT molecular complexity index is 527. The van der Waals surface area contributed by atoms with E-state index in [0.29, 0.717) is 6.04 Å². The van der Waals surface area contributed by atoms with E-state index in [4.69, 9.17) is 5.73 Å². The summed E-state index contributed by atoms with van der Waals surface area (Å²) >= 11 is 0. The number of hydrogen-bond acceptors (Lipinski definition) is 3. The van der Waals surface area contributed by atoms with Gasteiger partial charge in [0.15, 0.2) is 0 Å². The standard InChI is InChI=1S/C18H27N3/c1-20-9-2-3-14-12-21(10-8-17(14)20)18-7-4-13-11-15(19)5-6-16(13)18/h5-6,11,14,17-18H,2-4,7-10,12,19H2,1H3. The van der Waals surface area contributed by atoms with Gasteiger partial charge in [-0.25, -0.2) is 0 Å². The van der Waals surface area contributed by atoms with Gasteiger partial charge < -0.3 is 10.6 Å². The highest BCUT2D eigenvalue weighted by Gasteiger charge is 2.38. The molecular weight excluding hydrogens is 258 g/mol. The van der Waals surface area contributed by atoms with Gasteiger partial charge in [0.05, 0.1) is 0 Å². The van der Waals surface area contributed by atoms with E-state index >= 15 is 0 Å². The molecule has 1 aromatic rings. The smallest absolute Gasteiger partial charge is 0.0354 e. The first kappa shape index (κ1) is 13.6. The minimum atomic E-state index is 0.647. The van der Waals surface area contributed by atoms with Crippen LogP contribution in [-0.4, -0.2) is 42.5 Å². The summed E-state index contributed by atoms with van der Waals surface area (Å²) in [6.07, 6.45) is 6.64. The molecule has 2 fully saturated rings. The second-order valence-electron chi connectivity index (χ2n) is 7.25. The molecule has 114 valence electrons. The van der Waals surface area contributed by atoms with Gasteiger partial charge in [0.2, 0.25) is 0 Å².